The van der Waals surface area contributed by atoms with Gasteiger partial charge in [-0.05, 0) is 36.8 Å². The number of H-pyrrole nitrogens is 1. The molecule has 1 aromatic heterocycles. The van der Waals surface area contributed by atoms with E-state index >= 15 is 0 Å². The predicted octanol–water partition coefficient (Wildman–Crippen LogP) is 3.75. The van der Waals surface area contributed by atoms with Crippen molar-refractivity contribution in [2.75, 3.05) is 13.1 Å². The molecule has 0 aliphatic carbocycles. The van der Waals surface area contributed by atoms with Gasteiger partial charge in [0.15, 0.2) is 0 Å². The number of amides is 1. The summed E-state index contributed by atoms with van der Waals surface area (Å²) >= 11 is 0. The lowest BCUT2D eigenvalue weighted by molar-refractivity contribution is -0.133. The van der Waals surface area contributed by atoms with Gasteiger partial charge >= 0.3 is 0 Å². The number of aromatic nitrogens is 1. The first-order valence-electron chi connectivity index (χ1n) is 8.10. The first-order valence-corrected chi connectivity index (χ1v) is 8.10. The van der Waals surface area contributed by atoms with Crippen LogP contribution in [0.1, 0.15) is 38.2 Å². The van der Waals surface area contributed by atoms with Crippen LogP contribution in [0.5, 0.6) is 0 Å². The molecule has 1 aliphatic rings. The predicted molar refractivity (Wildman–Crippen MR) is 86.2 cm³/mol. The molecular formula is C18H24N2O. The molecule has 112 valence electrons. The maximum atomic E-state index is 12.4. The molecule has 1 aromatic carbocycles. The van der Waals surface area contributed by atoms with Crippen LogP contribution in [0.2, 0.25) is 0 Å². The number of carbonyl (C=O) groups excluding carboxylic acids is 1. The Morgan fingerprint density at radius 1 is 1.38 bits per heavy atom. The molecular weight excluding hydrogens is 260 g/mol. The number of para-hydroxylation sites is 1. The third kappa shape index (κ3) is 3.12. The van der Waals surface area contributed by atoms with E-state index in [2.05, 4.69) is 35.0 Å². The largest absolute Gasteiger partial charge is 0.361 e. The number of aryl methyl sites for hydroxylation is 1. The number of nitrogens with zero attached hydrogens (tertiary/aromatic N) is 1. The zero-order valence-corrected chi connectivity index (χ0v) is 12.8. The van der Waals surface area contributed by atoms with Crippen molar-refractivity contribution in [1.82, 2.24) is 9.88 Å². The summed E-state index contributed by atoms with van der Waals surface area (Å²) in [7, 11) is 0. The molecule has 2 heterocycles. The Hall–Kier alpha value is -1.77. The Balaban J connectivity index is 1.60. The first kappa shape index (κ1) is 14.2. The van der Waals surface area contributed by atoms with E-state index in [9.17, 15) is 4.79 Å². The normalized spacial score (nSPS) is 19.1. The van der Waals surface area contributed by atoms with Gasteiger partial charge in [-0.15, -0.1) is 0 Å². The van der Waals surface area contributed by atoms with Crippen molar-refractivity contribution in [2.45, 2.75) is 39.0 Å². The monoisotopic (exact) mass is 284 g/mol. The van der Waals surface area contributed by atoms with Gasteiger partial charge in [-0.2, -0.15) is 0 Å². The zero-order valence-electron chi connectivity index (χ0n) is 12.8. The zero-order chi connectivity index (χ0) is 14.7. The third-order valence-electron chi connectivity index (χ3n) is 4.73. The van der Waals surface area contributed by atoms with Gasteiger partial charge in [-0.3, -0.25) is 4.79 Å². The topological polar surface area (TPSA) is 36.1 Å². The Morgan fingerprint density at radius 3 is 3.10 bits per heavy atom. The second-order valence-electron chi connectivity index (χ2n) is 6.12. The number of aromatic amines is 1. The van der Waals surface area contributed by atoms with Gasteiger partial charge in [-0.25, -0.2) is 0 Å². The number of hydrogen-bond acceptors (Lipinski definition) is 1. The molecule has 3 rings (SSSR count). The molecule has 0 radical (unpaired) electrons. The van der Waals surface area contributed by atoms with Gasteiger partial charge in [0, 0.05) is 36.6 Å². The number of fused-ring (bicyclic) bond motifs is 1. The number of benzene rings is 1. The van der Waals surface area contributed by atoms with Crippen LogP contribution in [-0.2, 0) is 11.2 Å². The number of nitrogens with one attached hydrogen (secondary N) is 1. The molecule has 1 fully saturated rings. The quantitative estimate of drug-likeness (QED) is 0.912. The van der Waals surface area contributed by atoms with Gasteiger partial charge in [0.25, 0.3) is 0 Å². The van der Waals surface area contributed by atoms with Gasteiger partial charge in [0.1, 0.15) is 0 Å². The Kier molecular flexibility index (Phi) is 4.28. The van der Waals surface area contributed by atoms with Crippen molar-refractivity contribution in [3.8, 4) is 0 Å². The molecule has 3 heteroatoms. The van der Waals surface area contributed by atoms with E-state index in [-0.39, 0.29) is 0 Å². The van der Waals surface area contributed by atoms with Crippen LogP contribution in [-0.4, -0.2) is 28.9 Å². The van der Waals surface area contributed by atoms with E-state index in [1.54, 1.807) is 0 Å². The van der Waals surface area contributed by atoms with Crippen molar-refractivity contribution in [1.29, 1.82) is 0 Å². The minimum absolute atomic E-state index is 0.318. The van der Waals surface area contributed by atoms with Crippen molar-refractivity contribution < 1.29 is 4.79 Å². The summed E-state index contributed by atoms with van der Waals surface area (Å²) < 4.78 is 0. The average Bonchev–Trinajstić information content (AvgIpc) is 2.96. The Labute approximate surface area is 126 Å². The van der Waals surface area contributed by atoms with E-state index in [0.29, 0.717) is 18.2 Å². The van der Waals surface area contributed by atoms with Crippen LogP contribution >= 0.6 is 0 Å². The van der Waals surface area contributed by atoms with Crippen molar-refractivity contribution in [2.24, 2.45) is 5.92 Å². The SMILES string of the molecule is CCC1CCCN(C(=O)CCc2c[nH]c3ccccc23)C1. The second kappa shape index (κ2) is 6.33. The first-order chi connectivity index (χ1) is 10.3. The minimum Gasteiger partial charge on any atom is -0.361 e. The maximum Gasteiger partial charge on any atom is 0.222 e. The summed E-state index contributed by atoms with van der Waals surface area (Å²) in [4.78, 5) is 17.8. The molecule has 1 atom stereocenters. The molecule has 0 spiro atoms. The van der Waals surface area contributed by atoms with E-state index in [1.165, 1.54) is 23.8 Å². The summed E-state index contributed by atoms with van der Waals surface area (Å²) in [5.41, 5.74) is 2.41. The highest BCUT2D eigenvalue weighted by Gasteiger charge is 2.22. The third-order valence-corrected chi connectivity index (χ3v) is 4.73. The highest BCUT2D eigenvalue weighted by Crippen LogP contribution is 2.22. The molecule has 0 saturated carbocycles. The van der Waals surface area contributed by atoms with Crippen molar-refractivity contribution >= 4 is 16.8 Å². The summed E-state index contributed by atoms with van der Waals surface area (Å²) in [5, 5.41) is 1.25. The van der Waals surface area contributed by atoms with Crippen LogP contribution in [0.3, 0.4) is 0 Å². The summed E-state index contributed by atoms with van der Waals surface area (Å²) in [6, 6.07) is 8.29. The lowest BCUT2D eigenvalue weighted by Crippen LogP contribution is -2.39. The maximum absolute atomic E-state index is 12.4. The van der Waals surface area contributed by atoms with Gasteiger partial charge < -0.3 is 9.88 Å². The van der Waals surface area contributed by atoms with Crippen molar-refractivity contribution in [3.05, 3.63) is 36.0 Å². The fourth-order valence-electron chi connectivity index (χ4n) is 3.36. The second-order valence-corrected chi connectivity index (χ2v) is 6.12. The van der Waals surface area contributed by atoms with E-state index in [1.807, 2.05) is 12.3 Å². The number of rotatable bonds is 4. The highest BCUT2D eigenvalue weighted by atomic mass is 16.2. The fraction of sp³-hybridized carbons (Fsp3) is 0.500. The molecule has 1 amide bonds. The minimum atomic E-state index is 0.318. The number of likely N-dealkylation sites (tertiary alicyclic amines) is 1. The summed E-state index contributed by atoms with van der Waals surface area (Å²) in [6.07, 6.45) is 7.13. The summed E-state index contributed by atoms with van der Waals surface area (Å²) in [6.45, 7) is 4.14. The molecule has 1 unspecified atom stereocenters. The van der Waals surface area contributed by atoms with Crippen LogP contribution in [0.4, 0.5) is 0 Å². The average molecular weight is 284 g/mol. The molecule has 21 heavy (non-hydrogen) atoms. The lowest BCUT2D eigenvalue weighted by atomic mass is 9.95. The molecule has 3 nitrogen and oxygen atoms in total. The van der Waals surface area contributed by atoms with Crippen LogP contribution in [0, 0.1) is 5.92 Å². The smallest absolute Gasteiger partial charge is 0.222 e. The molecule has 2 aromatic rings. The van der Waals surface area contributed by atoms with E-state index in [0.717, 1.165) is 31.4 Å². The Bertz CT molecular complexity index is 616. The van der Waals surface area contributed by atoms with Gasteiger partial charge in [0.05, 0.1) is 0 Å². The molecule has 1 aliphatic heterocycles. The molecule has 0 bridgehead atoms. The van der Waals surface area contributed by atoms with Crippen LogP contribution in [0.15, 0.2) is 30.5 Å². The number of carbonyl (C=O) groups is 1. The fourth-order valence-corrected chi connectivity index (χ4v) is 3.36. The van der Waals surface area contributed by atoms with E-state index in [4.69, 9.17) is 0 Å². The summed E-state index contributed by atoms with van der Waals surface area (Å²) in [5.74, 6) is 1.02. The number of hydrogen-bond donors (Lipinski definition) is 1. The van der Waals surface area contributed by atoms with Crippen LogP contribution < -0.4 is 0 Å². The molecule has 1 saturated heterocycles. The Morgan fingerprint density at radius 2 is 2.24 bits per heavy atom. The van der Waals surface area contributed by atoms with Crippen molar-refractivity contribution in [3.63, 3.8) is 0 Å². The lowest BCUT2D eigenvalue weighted by Gasteiger charge is -2.32. The highest BCUT2D eigenvalue weighted by molar-refractivity contribution is 5.84. The van der Waals surface area contributed by atoms with Gasteiger partial charge in [0.2, 0.25) is 5.91 Å². The molecule has 1 N–H and O–H groups in total. The van der Waals surface area contributed by atoms with E-state index < -0.39 is 0 Å². The van der Waals surface area contributed by atoms with Crippen LogP contribution in [0.25, 0.3) is 10.9 Å². The van der Waals surface area contributed by atoms with Gasteiger partial charge in [-0.1, -0.05) is 31.5 Å². The number of piperidine rings is 1. The standard InChI is InChI=1S/C18H24N2O/c1-2-14-6-5-11-20(13-14)18(21)10-9-15-12-19-17-8-4-3-7-16(15)17/h3-4,7-8,12,14,19H,2,5-6,9-11,13H2,1H3.